The van der Waals surface area contributed by atoms with Crippen LogP contribution < -0.4 is 4.83 Å². The molecule has 0 aromatic heterocycles. The lowest BCUT2D eigenvalue weighted by Crippen LogP contribution is -2.21. The second-order valence-electron chi connectivity index (χ2n) is 5.42. The summed E-state index contributed by atoms with van der Waals surface area (Å²) in [6.45, 7) is 0. The Hall–Kier alpha value is -2.18. The molecule has 158 valence electrons. The van der Waals surface area contributed by atoms with Crippen molar-refractivity contribution < 1.29 is 39.9 Å². The van der Waals surface area contributed by atoms with Crippen LogP contribution in [-0.4, -0.2) is 19.7 Å². The summed E-state index contributed by atoms with van der Waals surface area (Å²) in [4.78, 5) is 0.142. The van der Waals surface area contributed by atoms with Gasteiger partial charge in [-0.05, 0) is 30.3 Å². The highest BCUT2D eigenvalue weighted by molar-refractivity contribution is 7.89. The summed E-state index contributed by atoms with van der Waals surface area (Å²) in [6.07, 6.45) is -9.74. The number of hydrazone groups is 1. The van der Waals surface area contributed by atoms with E-state index in [1.807, 2.05) is 0 Å². The third kappa shape index (κ3) is 5.67. The molecular weight excluding hydrogens is 473 g/mol. The molecule has 0 radical (unpaired) electrons. The predicted molar refractivity (Wildman–Crippen MR) is 92.5 cm³/mol. The Labute approximate surface area is 169 Å². The SMILES string of the molecule is O=S(=O)(N/N=C\c1cc(Cl)cc(Cl)c1O)c1cc(C(F)(F)F)cc(C(F)(F)F)c1. The zero-order valence-corrected chi connectivity index (χ0v) is 15.9. The van der Waals surface area contributed by atoms with Gasteiger partial charge >= 0.3 is 12.4 Å². The van der Waals surface area contributed by atoms with E-state index in [1.165, 1.54) is 10.9 Å². The molecule has 0 aliphatic carbocycles. The summed E-state index contributed by atoms with van der Waals surface area (Å²) in [6, 6.07) is 2.14. The van der Waals surface area contributed by atoms with Gasteiger partial charge in [-0.1, -0.05) is 23.2 Å². The summed E-state index contributed by atoms with van der Waals surface area (Å²) in [5.41, 5.74) is -3.78. The molecule has 0 fully saturated rings. The topological polar surface area (TPSA) is 78.8 Å². The van der Waals surface area contributed by atoms with Crippen molar-refractivity contribution in [2.75, 3.05) is 0 Å². The van der Waals surface area contributed by atoms with Gasteiger partial charge in [0.2, 0.25) is 0 Å². The average Bonchev–Trinajstić information content (AvgIpc) is 2.57. The molecule has 0 saturated heterocycles. The first-order valence-corrected chi connectivity index (χ1v) is 9.37. The molecule has 0 heterocycles. The number of benzene rings is 2. The van der Waals surface area contributed by atoms with Crippen LogP contribution in [0.3, 0.4) is 0 Å². The summed E-state index contributed by atoms with van der Waals surface area (Å²) in [5, 5.41) is 12.8. The van der Waals surface area contributed by atoms with Gasteiger partial charge in [-0.2, -0.15) is 39.9 Å². The maximum atomic E-state index is 12.9. The van der Waals surface area contributed by atoms with Crippen LogP contribution >= 0.6 is 23.2 Å². The van der Waals surface area contributed by atoms with Crippen LogP contribution in [0.1, 0.15) is 16.7 Å². The summed E-state index contributed by atoms with van der Waals surface area (Å²) in [7, 11) is -4.92. The minimum atomic E-state index is -5.22. The monoisotopic (exact) mass is 480 g/mol. The Morgan fingerprint density at radius 1 is 0.931 bits per heavy atom. The largest absolute Gasteiger partial charge is 0.506 e. The van der Waals surface area contributed by atoms with Crippen LogP contribution in [0.2, 0.25) is 10.0 Å². The number of alkyl halides is 6. The zero-order valence-electron chi connectivity index (χ0n) is 13.6. The molecule has 2 rings (SSSR count). The van der Waals surface area contributed by atoms with Gasteiger partial charge in [-0.15, -0.1) is 0 Å². The summed E-state index contributed by atoms with van der Waals surface area (Å²) < 4.78 is 101. The zero-order chi connectivity index (χ0) is 22.2. The van der Waals surface area contributed by atoms with Crippen molar-refractivity contribution in [3.05, 3.63) is 57.1 Å². The lowest BCUT2D eigenvalue weighted by atomic mass is 10.1. The maximum Gasteiger partial charge on any atom is 0.416 e. The maximum absolute atomic E-state index is 12.9. The Bertz CT molecular complexity index is 1040. The number of nitrogens with one attached hydrogen (secondary N) is 1. The van der Waals surface area contributed by atoms with Gasteiger partial charge in [-0.3, -0.25) is 0 Å². The third-order valence-electron chi connectivity index (χ3n) is 3.31. The normalized spacial score (nSPS) is 13.1. The van der Waals surface area contributed by atoms with E-state index in [2.05, 4.69) is 5.10 Å². The van der Waals surface area contributed by atoms with E-state index < -0.39 is 44.1 Å². The van der Waals surface area contributed by atoms with Gasteiger partial charge in [0.15, 0.2) is 0 Å². The number of rotatable bonds is 4. The number of halogens is 8. The van der Waals surface area contributed by atoms with Crippen LogP contribution in [-0.2, 0) is 22.4 Å². The Morgan fingerprint density at radius 2 is 1.45 bits per heavy atom. The first kappa shape index (κ1) is 23.1. The summed E-state index contributed by atoms with van der Waals surface area (Å²) in [5.74, 6) is -0.530. The molecule has 0 spiro atoms. The van der Waals surface area contributed by atoms with Crippen LogP contribution in [0.4, 0.5) is 26.3 Å². The van der Waals surface area contributed by atoms with Gasteiger partial charge in [0, 0.05) is 10.6 Å². The van der Waals surface area contributed by atoms with Crippen molar-refractivity contribution in [1.82, 2.24) is 4.83 Å². The molecule has 0 amide bonds. The van der Waals surface area contributed by atoms with Gasteiger partial charge in [0.1, 0.15) is 5.75 Å². The fourth-order valence-corrected chi connectivity index (χ4v) is 3.35. The second kappa shape index (κ2) is 7.92. The Kier molecular flexibility index (Phi) is 6.31. The van der Waals surface area contributed by atoms with Gasteiger partial charge < -0.3 is 5.11 Å². The Morgan fingerprint density at radius 3 is 1.93 bits per heavy atom. The van der Waals surface area contributed by atoms with Crippen LogP contribution in [0, 0.1) is 0 Å². The van der Waals surface area contributed by atoms with Crippen LogP contribution in [0.15, 0.2) is 40.3 Å². The molecular formula is C15H8Cl2F6N2O3S. The standard InChI is InChI=1S/C15H8Cl2F6N2O3S/c16-10-1-7(13(26)12(17)5-10)6-24-25-29(27,28)11-3-8(14(18,19)20)2-9(4-11)15(21,22)23/h1-6,25-26H/b24-6-. The lowest BCUT2D eigenvalue weighted by molar-refractivity contribution is -0.143. The smallest absolute Gasteiger partial charge is 0.416 e. The average molecular weight is 481 g/mol. The van der Waals surface area contributed by atoms with Gasteiger partial charge in [0.25, 0.3) is 10.0 Å². The molecule has 0 unspecified atom stereocenters. The molecule has 0 saturated carbocycles. The molecule has 2 N–H and O–H groups in total. The molecule has 2 aromatic carbocycles. The van der Waals surface area contributed by atoms with Crippen molar-refractivity contribution in [2.24, 2.45) is 5.10 Å². The molecule has 14 heteroatoms. The van der Waals surface area contributed by atoms with E-state index >= 15 is 0 Å². The highest BCUT2D eigenvalue weighted by atomic mass is 35.5. The fourth-order valence-electron chi connectivity index (χ4n) is 1.98. The lowest BCUT2D eigenvalue weighted by Gasteiger charge is -2.14. The first-order valence-electron chi connectivity index (χ1n) is 7.13. The third-order valence-corrected chi connectivity index (χ3v) is 5.01. The number of hydrogen-bond acceptors (Lipinski definition) is 4. The molecule has 0 atom stereocenters. The molecule has 0 aliphatic rings. The second-order valence-corrected chi connectivity index (χ2v) is 7.92. The highest BCUT2D eigenvalue weighted by Gasteiger charge is 2.38. The van der Waals surface area contributed by atoms with E-state index in [-0.39, 0.29) is 33.8 Å². The van der Waals surface area contributed by atoms with Crippen molar-refractivity contribution in [1.29, 1.82) is 0 Å². The van der Waals surface area contributed by atoms with Gasteiger partial charge in [-0.25, -0.2) is 4.83 Å². The van der Waals surface area contributed by atoms with E-state index in [1.54, 1.807) is 0 Å². The van der Waals surface area contributed by atoms with Crippen LogP contribution in [0.25, 0.3) is 0 Å². The Balaban J connectivity index is 2.43. The molecule has 0 bridgehead atoms. The summed E-state index contributed by atoms with van der Waals surface area (Å²) >= 11 is 11.4. The number of nitrogens with zero attached hydrogens (tertiary/aromatic N) is 1. The van der Waals surface area contributed by atoms with Crippen molar-refractivity contribution >= 4 is 39.4 Å². The molecule has 0 aliphatic heterocycles. The van der Waals surface area contributed by atoms with E-state index in [0.717, 1.165) is 6.07 Å². The van der Waals surface area contributed by atoms with E-state index in [4.69, 9.17) is 23.2 Å². The number of aromatic hydroxyl groups is 1. The predicted octanol–water partition coefficient (Wildman–Crippen LogP) is 5.05. The van der Waals surface area contributed by atoms with Crippen LogP contribution in [0.5, 0.6) is 5.75 Å². The molecule has 5 nitrogen and oxygen atoms in total. The number of sulfonamides is 1. The molecule has 2 aromatic rings. The number of hydrogen-bond donors (Lipinski definition) is 2. The van der Waals surface area contributed by atoms with Gasteiger partial charge in [0.05, 0.1) is 27.3 Å². The van der Waals surface area contributed by atoms with Crippen molar-refractivity contribution in [3.8, 4) is 5.75 Å². The first-order chi connectivity index (χ1) is 13.1. The quantitative estimate of drug-likeness (QED) is 0.365. The fraction of sp³-hybridized carbons (Fsp3) is 0.133. The number of phenolic OH excluding ortho intramolecular Hbond substituents is 1. The number of phenols is 1. The minimum absolute atomic E-state index is 0.0286. The van der Waals surface area contributed by atoms with E-state index in [0.29, 0.717) is 6.21 Å². The molecule has 29 heavy (non-hydrogen) atoms. The van der Waals surface area contributed by atoms with Crippen molar-refractivity contribution in [2.45, 2.75) is 17.2 Å². The van der Waals surface area contributed by atoms with Crippen molar-refractivity contribution in [3.63, 3.8) is 0 Å². The minimum Gasteiger partial charge on any atom is -0.506 e. The highest BCUT2D eigenvalue weighted by Crippen LogP contribution is 2.37. The van der Waals surface area contributed by atoms with E-state index in [9.17, 15) is 39.9 Å².